The Bertz CT molecular complexity index is 443. The second-order valence-corrected chi connectivity index (χ2v) is 8.25. The Balaban J connectivity index is 2.38. The van der Waals surface area contributed by atoms with Gasteiger partial charge in [-0.3, -0.25) is 5.41 Å². The molecule has 1 fully saturated rings. The monoisotopic (exact) mass is 370 g/mol. The second kappa shape index (κ2) is 7.75. The minimum atomic E-state index is -1.83. The van der Waals surface area contributed by atoms with Gasteiger partial charge in [0.1, 0.15) is 12.2 Å². The lowest BCUT2D eigenvalue weighted by molar-refractivity contribution is 0.0236. The molecule has 5 nitrogen and oxygen atoms in total. The van der Waals surface area contributed by atoms with Crippen LogP contribution < -0.4 is 0 Å². The minimum absolute atomic E-state index is 0.175. The molecule has 0 bridgehead atoms. The van der Waals surface area contributed by atoms with Crippen molar-refractivity contribution in [3.63, 3.8) is 0 Å². The molecule has 126 valence electrons. The van der Waals surface area contributed by atoms with Crippen molar-refractivity contribution in [2.45, 2.75) is 43.0 Å². The zero-order valence-corrected chi connectivity index (χ0v) is 15.2. The van der Waals surface area contributed by atoms with Gasteiger partial charge in [0, 0.05) is 13.1 Å². The number of halogens is 3. The minimum Gasteiger partial charge on any atom is -0.474 e. The third-order valence-electron chi connectivity index (χ3n) is 2.91. The number of amides is 1. The van der Waals surface area contributed by atoms with Gasteiger partial charge < -0.3 is 14.4 Å². The van der Waals surface area contributed by atoms with Gasteiger partial charge in [0.25, 0.3) is 3.79 Å². The molecule has 1 N–H and O–H groups in total. The number of carbonyl (C=O) groups is 1. The fourth-order valence-corrected chi connectivity index (χ4v) is 2.00. The maximum absolute atomic E-state index is 11.9. The van der Waals surface area contributed by atoms with Gasteiger partial charge in [-0.05, 0) is 39.7 Å². The molecule has 0 unspecified atom stereocenters. The van der Waals surface area contributed by atoms with Crippen molar-refractivity contribution in [3.8, 4) is 0 Å². The number of ether oxygens (including phenoxy) is 2. The molecule has 0 aliphatic carbocycles. The van der Waals surface area contributed by atoms with Crippen LogP contribution in [0.5, 0.6) is 0 Å². The summed E-state index contributed by atoms with van der Waals surface area (Å²) >= 11 is 16.5. The molecule has 1 aliphatic rings. The van der Waals surface area contributed by atoms with Crippen LogP contribution in [-0.4, -0.2) is 46.0 Å². The van der Waals surface area contributed by atoms with Gasteiger partial charge >= 0.3 is 6.09 Å². The van der Waals surface area contributed by atoms with Gasteiger partial charge in [0.15, 0.2) is 0 Å². The van der Waals surface area contributed by atoms with Crippen LogP contribution in [0.4, 0.5) is 4.79 Å². The molecule has 1 aliphatic heterocycles. The number of nitrogens with one attached hydrogen (secondary N) is 1. The van der Waals surface area contributed by atoms with Crippen molar-refractivity contribution in [3.05, 3.63) is 11.6 Å². The lowest BCUT2D eigenvalue weighted by Crippen LogP contribution is -2.40. The van der Waals surface area contributed by atoms with E-state index in [0.29, 0.717) is 13.1 Å². The fourth-order valence-electron chi connectivity index (χ4n) is 1.83. The van der Waals surface area contributed by atoms with E-state index in [1.54, 1.807) is 4.90 Å². The Morgan fingerprint density at radius 2 is 1.82 bits per heavy atom. The molecule has 0 aromatic heterocycles. The number of nitrogens with zero attached hydrogens (tertiary/aromatic N) is 1. The lowest BCUT2D eigenvalue weighted by Gasteiger charge is -2.31. The molecule has 22 heavy (non-hydrogen) atoms. The number of carbonyl (C=O) groups excluding carboxylic acids is 1. The molecular weight excluding hydrogens is 351 g/mol. The SMILES string of the molecule is CC(C)(C)OC(=O)N1CCC(=CCOC(=N)C(Cl)(Cl)Cl)CC1. The summed E-state index contributed by atoms with van der Waals surface area (Å²) in [4.78, 5) is 13.6. The molecule has 1 heterocycles. The molecule has 8 heteroatoms. The van der Waals surface area contributed by atoms with E-state index >= 15 is 0 Å². The predicted molar refractivity (Wildman–Crippen MR) is 89.1 cm³/mol. The maximum atomic E-state index is 11.9. The molecule has 0 aromatic carbocycles. The standard InChI is InChI=1S/C14H21Cl3N2O3/c1-13(2,3)22-12(20)19-7-4-10(5-8-19)6-9-21-11(18)14(15,16)17/h6,18H,4-5,7-9H2,1-3H3. The first-order valence-corrected chi connectivity index (χ1v) is 8.07. The number of alkyl halides is 3. The summed E-state index contributed by atoms with van der Waals surface area (Å²) in [6.45, 7) is 6.91. The average molecular weight is 372 g/mol. The summed E-state index contributed by atoms with van der Waals surface area (Å²) in [5.74, 6) is -0.402. The van der Waals surface area contributed by atoms with Crippen LogP contribution in [0, 0.1) is 5.41 Å². The smallest absolute Gasteiger partial charge is 0.410 e. The summed E-state index contributed by atoms with van der Waals surface area (Å²) in [5, 5.41) is 7.41. The number of likely N-dealkylation sites (tertiary alicyclic amines) is 1. The molecule has 1 rings (SSSR count). The van der Waals surface area contributed by atoms with Crippen LogP contribution >= 0.6 is 34.8 Å². The van der Waals surface area contributed by atoms with E-state index in [1.165, 1.54) is 0 Å². The van der Waals surface area contributed by atoms with E-state index in [9.17, 15) is 4.79 Å². The Morgan fingerprint density at radius 3 is 2.27 bits per heavy atom. The van der Waals surface area contributed by atoms with E-state index in [2.05, 4.69) is 0 Å². The van der Waals surface area contributed by atoms with Crippen LogP contribution in [0.3, 0.4) is 0 Å². The van der Waals surface area contributed by atoms with Crippen molar-refractivity contribution in [2.24, 2.45) is 0 Å². The molecule has 0 saturated carbocycles. The molecule has 0 spiro atoms. The van der Waals surface area contributed by atoms with Gasteiger partial charge in [-0.15, -0.1) is 0 Å². The number of hydrogen-bond donors (Lipinski definition) is 1. The van der Waals surface area contributed by atoms with Crippen LogP contribution in [0.15, 0.2) is 11.6 Å². The predicted octanol–water partition coefficient (Wildman–Crippen LogP) is 4.31. The zero-order chi connectivity index (χ0) is 17.0. The van der Waals surface area contributed by atoms with Crippen molar-refractivity contribution in [1.82, 2.24) is 4.90 Å². The second-order valence-electron chi connectivity index (χ2n) is 5.97. The summed E-state index contributed by atoms with van der Waals surface area (Å²) < 4.78 is 8.55. The van der Waals surface area contributed by atoms with Gasteiger partial charge in [-0.1, -0.05) is 40.4 Å². The highest BCUT2D eigenvalue weighted by Gasteiger charge is 2.28. The first-order valence-electron chi connectivity index (χ1n) is 6.93. The Labute approximate surface area is 146 Å². The van der Waals surface area contributed by atoms with Crippen LogP contribution in [0.25, 0.3) is 0 Å². The molecule has 0 radical (unpaired) electrons. The van der Waals surface area contributed by atoms with Crippen LogP contribution in [-0.2, 0) is 9.47 Å². The van der Waals surface area contributed by atoms with E-state index in [0.717, 1.165) is 18.4 Å². The fraction of sp³-hybridized carbons (Fsp3) is 0.714. The highest BCUT2D eigenvalue weighted by molar-refractivity contribution is 6.76. The molecule has 0 aromatic rings. The summed E-state index contributed by atoms with van der Waals surface area (Å²) in [5.41, 5.74) is 0.662. The molecule has 1 amide bonds. The summed E-state index contributed by atoms with van der Waals surface area (Å²) in [7, 11) is 0. The summed E-state index contributed by atoms with van der Waals surface area (Å²) in [6.07, 6.45) is 3.05. The highest BCUT2D eigenvalue weighted by Crippen LogP contribution is 2.27. The van der Waals surface area contributed by atoms with E-state index < -0.39 is 15.3 Å². The van der Waals surface area contributed by atoms with Gasteiger partial charge in [-0.25, -0.2) is 4.79 Å². The third kappa shape index (κ3) is 7.07. The van der Waals surface area contributed by atoms with Crippen molar-refractivity contribution >= 4 is 46.8 Å². The van der Waals surface area contributed by atoms with Crippen LogP contribution in [0.1, 0.15) is 33.6 Å². The van der Waals surface area contributed by atoms with Gasteiger partial charge in [0.05, 0.1) is 0 Å². The molecular formula is C14H21Cl3N2O3. The van der Waals surface area contributed by atoms with Crippen molar-refractivity contribution < 1.29 is 14.3 Å². The average Bonchev–Trinajstić information content (AvgIpc) is 2.36. The zero-order valence-electron chi connectivity index (χ0n) is 12.9. The van der Waals surface area contributed by atoms with E-state index in [4.69, 9.17) is 49.7 Å². The van der Waals surface area contributed by atoms with Gasteiger partial charge in [0.2, 0.25) is 5.90 Å². The van der Waals surface area contributed by atoms with Crippen molar-refractivity contribution in [1.29, 1.82) is 5.41 Å². The Morgan fingerprint density at radius 1 is 1.27 bits per heavy atom. The van der Waals surface area contributed by atoms with E-state index in [-0.39, 0.29) is 12.7 Å². The first-order chi connectivity index (χ1) is 9.99. The maximum Gasteiger partial charge on any atom is 0.410 e. The van der Waals surface area contributed by atoms with Crippen molar-refractivity contribution in [2.75, 3.05) is 19.7 Å². The first kappa shape index (κ1) is 19.4. The van der Waals surface area contributed by atoms with E-state index in [1.807, 2.05) is 26.8 Å². The quantitative estimate of drug-likeness (QED) is 0.340. The largest absolute Gasteiger partial charge is 0.474 e. The summed E-state index contributed by atoms with van der Waals surface area (Å²) in [6, 6.07) is 0. The molecule has 0 atom stereocenters. The number of rotatable bonds is 2. The third-order valence-corrected chi connectivity index (χ3v) is 3.43. The highest BCUT2D eigenvalue weighted by atomic mass is 35.6. The Kier molecular flexibility index (Phi) is 6.84. The lowest BCUT2D eigenvalue weighted by atomic mass is 10.0. The molecule has 1 saturated heterocycles. The number of piperidine rings is 1. The van der Waals surface area contributed by atoms with Gasteiger partial charge in [-0.2, -0.15) is 0 Å². The topological polar surface area (TPSA) is 62.6 Å². The number of hydrogen-bond acceptors (Lipinski definition) is 4. The normalized spacial score (nSPS) is 16.3. The van der Waals surface area contributed by atoms with Crippen LogP contribution in [0.2, 0.25) is 0 Å². The Hall–Kier alpha value is -0.650.